The first-order valence-electron chi connectivity index (χ1n) is 5.32. The number of anilines is 1. The molecule has 1 aromatic carbocycles. The van der Waals surface area contributed by atoms with Crippen molar-refractivity contribution in [2.45, 2.75) is 6.92 Å². The number of aromatic nitrogens is 1. The molecule has 0 spiro atoms. The zero-order chi connectivity index (χ0) is 13.0. The van der Waals surface area contributed by atoms with Crippen LogP contribution in [-0.4, -0.2) is 10.9 Å². The van der Waals surface area contributed by atoms with Crippen molar-refractivity contribution in [3.8, 4) is 11.6 Å². The lowest BCUT2D eigenvalue weighted by atomic mass is 10.3. The van der Waals surface area contributed by atoms with Crippen LogP contribution in [0.25, 0.3) is 0 Å². The Hall–Kier alpha value is -1.63. The van der Waals surface area contributed by atoms with Crippen LogP contribution in [0, 0.1) is 3.57 Å². The summed E-state index contributed by atoms with van der Waals surface area (Å²) in [6.07, 6.45) is 1.62. The lowest BCUT2D eigenvalue weighted by molar-refractivity contribution is -0.114. The van der Waals surface area contributed by atoms with E-state index < -0.39 is 0 Å². The summed E-state index contributed by atoms with van der Waals surface area (Å²) >= 11 is 2.18. The molecule has 1 heterocycles. The lowest BCUT2D eigenvalue weighted by Gasteiger charge is -2.10. The summed E-state index contributed by atoms with van der Waals surface area (Å²) in [5, 5.41) is 2.68. The predicted octanol–water partition coefficient (Wildman–Crippen LogP) is 3.44. The van der Waals surface area contributed by atoms with Gasteiger partial charge in [0.15, 0.2) is 0 Å². The van der Waals surface area contributed by atoms with Crippen molar-refractivity contribution < 1.29 is 9.53 Å². The highest BCUT2D eigenvalue weighted by Gasteiger charge is 2.08. The first kappa shape index (κ1) is 12.8. The summed E-state index contributed by atoms with van der Waals surface area (Å²) in [5.41, 5.74) is 0.560. The standard InChI is InChI=1S/C13H11IN2O2/c1-9(17)16-11-6-4-8-15-13(11)18-12-7-3-2-5-10(12)14/h2-8H,1H3,(H,16,17). The van der Waals surface area contributed by atoms with Gasteiger partial charge in [-0.25, -0.2) is 4.98 Å². The second kappa shape index (κ2) is 5.81. The number of ether oxygens (including phenoxy) is 1. The van der Waals surface area contributed by atoms with E-state index in [1.165, 1.54) is 6.92 Å². The summed E-state index contributed by atoms with van der Waals surface area (Å²) in [4.78, 5) is 15.2. The van der Waals surface area contributed by atoms with Crippen molar-refractivity contribution in [2.24, 2.45) is 0 Å². The van der Waals surface area contributed by atoms with Crippen LogP contribution in [0.3, 0.4) is 0 Å². The largest absolute Gasteiger partial charge is 0.436 e. The van der Waals surface area contributed by atoms with E-state index in [4.69, 9.17) is 4.74 Å². The van der Waals surface area contributed by atoms with Crippen LogP contribution in [0.1, 0.15) is 6.92 Å². The van der Waals surface area contributed by atoms with Crippen molar-refractivity contribution >= 4 is 34.2 Å². The third kappa shape index (κ3) is 3.19. The van der Waals surface area contributed by atoms with E-state index in [2.05, 4.69) is 32.9 Å². The molecular formula is C13H11IN2O2. The normalized spacial score (nSPS) is 9.89. The van der Waals surface area contributed by atoms with Crippen LogP contribution < -0.4 is 10.1 Å². The van der Waals surface area contributed by atoms with E-state index in [1.54, 1.807) is 18.3 Å². The highest BCUT2D eigenvalue weighted by atomic mass is 127. The number of amides is 1. The molecular weight excluding hydrogens is 343 g/mol. The van der Waals surface area contributed by atoms with Crippen molar-refractivity contribution in [1.82, 2.24) is 4.98 Å². The predicted molar refractivity (Wildman–Crippen MR) is 77.8 cm³/mol. The van der Waals surface area contributed by atoms with E-state index in [0.717, 1.165) is 3.57 Å². The minimum atomic E-state index is -0.157. The molecule has 0 aliphatic heterocycles. The zero-order valence-electron chi connectivity index (χ0n) is 9.68. The molecule has 1 N–H and O–H groups in total. The maximum absolute atomic E-state index is 11.1. The van der Waals surface area contributed by atoms with E-state index in [1.807, 2.05) is 24.3 Å². The van der Waals surface area contributed by atoms with Crippen LogP contribution in [-0.2, 0) is 4.79 Å². The maximum atomic E-state index is 11.1. The molecule has 2 rings (SSSR count). The Kier molecular flexibility index (Phi) is 4.14. The average molecular weight is 354 g/mol. The van der Waals surface area contributed by atoms with Crippen molar-refractivity contribution in [1.29, 1.82) is 0 Å². The van der Waals surface area contributed by atoms with Gasteiger partial charge in [0, 0.05) is 13.1 Å². The topological polar surface area (TPSA) is 51.2 Å². The summed E-state index contributed by atoms with van der Waals surface area (Å²) in [6.45, 7) is 1.45. The molecule has 0 radical (unpaired) electrons. The molecule has 0 fully saturated rings. The molecule has 0 aliphatic rings. The van der Waals surface area contributed by atoms with Gasteiger partial charge in [-0.15, -0.1) is 0 Å². The first-order valence-corrected chi connectivity index (χ1v) is 6.39. The van der Waals surface area contributed by atoms with E-state index in [0.29, 0.717) is 17.3 Å². The van der Waals surface area contributed by atoms with Gasteiger partial charge < -0.3 is 10.1 Å². The summed E-state index contributed by atoms with van der Waals surface area (Å²) in [6, 6.07) is 11.1. The molecule has 0 saturated heterocycles. The SMILES string of the molecule is CC(=O)Nc1cccnc1Oc1ccccc1I. The third-order valence-corrected chi connectivity index (χ3v) is 3.02. The van der Waals surface area contributed by atoms with E-state index >= 15 is 0 Å². The number of halogens is 1. The fourth-order valence-electron chi connectivity index (χ4n) is 1.39. The first-order chi connectivity index (χ1) is 8.66. The number of benzene rings is 1. The molecule has 2 aromatic rings. The van der Waals surface area contributed by atoms with Gasteiger partial charge in [-0.3, -0.25) is 4.79 Å². The summed E-state index contributed by atoms with van der Waals surface area (Å²) < 4.78 is 6.69. The van der Waals surface area contributed by atoms with Crippen LogP contribution in [0.15, 0.2) is 42.6 Å². The lowest BCUT2D eigenvalue weighted by Crippen LogP contribution is -2.07. The minimum Gasteiger partial charge on any atom is -0.436 e. The molecule has 0 saturated carbocycles. The van der Waals surface area contributed by atoms with Gasteiger partial charge in [0.05, 0.1) is 3.57 Å². The van der Waals surface area contributed by atoms with E-state index in [-0.39, 0.29) is 5.91 Å². The molecule has 0 bridgehead atoms. The number of para-hydroxylation sites is 1. The fraction of sp³-hybridized carbons (Fsp3) is 0.0769. The Bertz CT molecular complexity index is 572. The molecule has 1 amide bonds. The number of nitrogens with zero attached hydrogens (tertiary/aromatic N) is 1. The molecule has 0 aliphatic carbocycles. The van der Waals surface area contributed by atoms with Crippen molar-refractivity contribution in [2.75, 3.05) is 5.32 Å². The van der Waals surface area contributed by atoms with Crippen LogP contribution in [0.5, 0.6) is 11.6 Å². The second-order valence-corrected chi connectivity index (χ2v) is 4.73. The Morgan fingerprint density at radius 1 is 1.28 bits per heavy atom. The van der Waals surface area contributed by atoms with Crippen molar-refractivity contribution in [3.05, 3.63) is 46.2 Å². The number of pyridine rings is 1. The molecule has 5 heteroatoms. The smallest absolute Gasteiger partial charge is 0.243 e. The maximum Gasteiger partial charge on any atom is 0.243 e. The van der Waals surface area contributed by atoms with Gasteiger partial charge in [0.1, 0.15) is 11.4 Å². The quantitative estimate of drug-likeness (QED) is 0.860. The summed E-state index contributed by atoms with van der Waals surface area (Å²) in [7, 11) is 0. The number of hydrogen-bond donors (Lipinski definition) is 1. The number of carbonyl (C=O) groups is 1. The monoisotopic (exact) mass is 354 g/mol. The van der Waals surface area contributed by atoms with Crippen LogP contribution in [0.4, 0.5) is 5.69 Å². The van der Waals surface area contributed by atoms with Gasteiger partial charge in [-0.1, -0.05) is 12.1 Å². The Morgan fingerprint density at radius 2 is 2.06 bits per heavy atom. The third-order valence-electron chi connectivity index (χ3n) is 2.13. The second-order valence-electron chi connectivity index (χ2n) is 3.57. The van der Waals surface area contributed by atoms with Gasteiger partial charge in [-0.2, -0.15) is 0 Å². The highest BCUT2D eigenvalue weighted by molar-refractivity contribution is 14.1. The zero-order valence-corrected chi connectivity index (χ0v) is 11.8. The van der Waals surface area contributed by atoms with E-state index in [9.17, 15) is 4.79 Å². The fourth-order valence-corrected chi connectivity index (χ4v) is 1.89. The van der Waals surface area contributed by atoms with Crippen LogP contribution >= 0.6 is 22.6 Å². The molecule has 92 valence electrons. The van der Waals surface area contributed by atoms with Crippen molar-refractivity contribution in [3.63, 3.8) is 0 Å². The number of nitrogens with one attached hydrogen (secondary N) is 1. The number of carbonyl (C=O) groups excluding carboxylic acids is 1. The highest BCUT2D eigenvalue weighted by Crippen LogP contribution is 2.29. The average Bonchev–Trinajstić information content (AvgIpc) is 2.34. The number of hydrogen-bond acceptors (Lipinski definition) is 3. The van der Waals surface area contributed by atoms with Gasteiger partial charge in [0.25, 0.3) is 0 Å². The Labute approximate surface area is 119 Å². The minimum absolute atomic E-state index is 0.157. The van der Waals surface area contributed by atoms with Gasteiger partial charge in [0.2, 0.25) is 11.8 Å². The Morgan fingerprint density at radius 3 is 2.78 bits per heavy atom. The molecule has 0 unspecified atom stereocenters. The molecule has 18 heavy (non-hydrogen) atoms. The molecule has 1 aromatic heterocycles. The number of rotatable bonds is 3. The van der Waals surface area contributed by atoms with Gasteiger partial charge in [-0.05, 0) is 46.9 Å². The summed E-state index contributed by atoms with van der Waals surface area (Å²) in [5.74, 6) is 0.941. The molecule has 4 nitrogen and oxygen atoms in total. The molecule has 0 atom stereocenters. The Balaban J connectivity index is 2.29. The van der Waals surface area contributed by atoms with Gasteiger partial charge >= 0.3 is 0 Å². The van der Waals surface area contributed by atoms with Crippen LogP contribution in [0.2, 0.25) is 0 Å².